The summed E-state index contributed by atoms with van der Waals surface area (Å²) in [4.78, 5) is 29.5. The summed E-state index contributed by atoms with van der Waals surface area (Å²) in [7, 11) is 0. The van der Waals surface area contributed by atoms with Crippen LogP contribution in [0.1, 0.15) is 55.2 Å². The lowest BCUT2D eigenvalue weighted by atomic mass is 9.84. The Morgan fingerprint density at radius 3 is 2.58 bits per heavy atom. The van der Waals surface area contributed by atoms with E-state index >= 15 is 0 Å². The molecule has 0 bridgehead atoms. The molecule has 3 unspecified atom stereocenters. The van der Waals surface area contributed by atoms with Crippen molar-refractivity contribution in [3.8, 4) is 0 Å². The number of ether oxygens (including phenoxy) is 1. The fourth-order valence-corrected chi connectivity index (χ4v) is 3.39. The first-order chi connectivity index (χ1) is 14.6. The smallest absolute Gasteiger partial charge is 0.309 e. The number of pyridine rings is 1. The number of Topliss-reactive ketones (excluding diaryl/α,β-unsaturated/α-hetero) is 1. The van der Waals surface area contributed by atoms with Crippen LogP contribution in [0.3, 0.4) is 0 Å². The lowest BCUT2D eigenvalue weighted by molar-refractivity contribution is -0.155. The Kier molecular flexibility index (Phi) is 8.33. The molecule has 1 heterocycles. The second-order valence-electron chi connectivity index (χ2n) is 7.37. The standard InChI is InChI=1S/C23H26ClNO6/c1-4-5-6-7-8-9-15-11-17-18(13-25-15)21(29)23(3,22(30)20(17)24)31-19(28)12-16(27)10-14(2)26/h4-9,11,13-14,16,26-27,30H,10,12H2,1-3H3. The molecule has 0 saturated carbocycles. The predicted octanol–water partition coefficient (Wildman–Crippen LogP) is 3.71. The van der Waals surface area contributed by atoms with Gasteiger partial charge in [0.2, 0.25) is 11.4 Å². The fourth-order valence-electron chi connectivity index (χ4n) is 3.05. The lowest BCUT2D eigenvalue weighted by Gasteiger charge is -2.32. The first-order valence-electron chi connectivity index (χ1n) is 9.78. The van der Waals surface area contributed by atoms with Crippen molar-refractivity contribution >= 4 is 34.5 Å². The summed E-state index contributed by atoms with van der Waals surface area (Å²) in [6.07, 6.45) is 9.76. The number of fused-ring (bicyclic) bond motifs is 1. The molecular formula is C23H26ClNO6. The number of aliphatic hydroxyl groups is 3. The van der Waals surface area contributed by atoms with Crippen LogP contribution in [0.2, 0.25) is 0 Å². The number of carbonyl (C=O) groups excluding carboxylic acids is 2. The Labute approximate surface area is 186 Å². The van der Waals surface area contributed by atoms with Crippen molar-refractivity contribution in [3.05, 3.63) is 65.2 Å². The monoisotopic (exact) mass is 447 g/mol. The molecule has 1 aromatic heterocycles. The van der Waals surface area contributed by atoms with Gasteiger partial charge in [-0.3, -0.25) is 14.6 Å². The van der Waals surface area contributed by atoms with Crippen molar-refractivity contribution in [1.82, 2.24) is 4.98 Å². The molecule has 7 nitrogen and oxygen atoms in total. The molecular weight excluding hydrogens is 422 g/mol. The van der Waals surface area contributed by atoms with E-state index in [1.807, 2.05) is 31.2 Å². The quantitative estimate of drug-likeness (QED) is 0.410. The molecule has 1 aromatic rings. The fraction of sp³-hybridized carbons (Fsp3) is 0.348. The van der Waals surface area contributed by atoms with Crippen LogP contribution < -0.4 is 0 Å². The number of aromatic nitrogens is 1. The maximum Gasteiger partial charge on any atom is 0.309 e. The number of halogens is 1. The van der Waals surface area contributed by atoms with E-state index in [2.05, 4.69) is 4.98 Å². The van der Waals surface area contributed by atoms with Crippen molar-refractivity contribution in [3.63, 3.8) is 0 Å². The summed E-state index contributed by atoms with van der Waals surface area (Å²) in [5.41, 5.74) is -1.15. The average Bonchev–Trinajstić information content (AvgIpc) is 2.70. The molecule has 0 aliphatic heterocycles. The molecule has 3 atom stereocenters. The van der Waals surface area contributed by atoms with Crippen molar-refractivity contribution in [2.75, 3.05) is 0 Å². The number of allylic oxidation sites excluding steroid dienone is 5. The average molecular weight is 448 g/mol. The van der Waals surface area contributed by atoms with Crippen LogP contribution >= 0.6 is 11.6 Å². The molecule has 3 N–H and O–H groups in total. The number of hydrogen-bond acceptors (Lipinski definition) is 7. The van der Waals surface area contributed by atoms with Gasteiger partial charge in [0, 0.05) is 17.3 Å². The van der Waals surface area contributed by atoms with Gasteiger partial charge in [-0.1, -0.05) is 42.0 Å². The normalized spacial score (nSPS) is 21.2. The largest absolute Gasteiger partial charge is 0.506 e. The zero-order chi connectivity index (χ0) is 23.2. The van der Waals surface area contributed by atoms with E-state index in [0.717, 1.165) is 0 Å². The highest BCUT2D eigenvalue weighted by atomic mass is 35.5. The Morgan fingerprint density at radius 1 is 1.26 bits per heavy atom. The third-order valence-electron chi connectivity index (χ3n) is 4.63. The van der Waals surface area contributed by atoms with E-state index in [4.69, 9.17) is 16.3 Å². The molecule has 1 aliphatic rings. The van der Waals surface area contributed by atoms with Gasteiger partial charge in [-0.25, -0.2) is 0 Å². The van der Waals surface area contributed by atoms with E-state index < -0.39 is 41.7 Å². The highest BCUT2D eigenvalue weighted by Gasteiger charge is 2.48. The molecule has 0 saturated heterocycles. The van der Waals surface area contributed by atoms with Crippen LogP contribution in [0.5, 0.6) is 0 Å². The molecule has 1 aliphatic carbocycles. The van der Waals surface area contributed by atoms with E-state index in [-0.39, 0.29) is 22.6 Å². The van der Waals surface area contributed by atoms with Gasteiger partial charge in [0.1, 0.15) is 0 Å². The van der Waals surface area contributed by atoms with E-state index in [9.17, 15) is 24.9 Å². The molecule has 0 spiro atoms. The van der Waals surface area contributed by atoms with Crippen molar-refractivity contribution in [2.45, 2.75) is 51.4 Å². The SMILES string of the molecule is CC=CC=CC=Cc1cc2c(cn1)C(=O)C(C)(OC(=O)CC(O)CC(C)O)C(O)=C2Cl. The zero-order valence-electron chi connectivity index (χ0n) is 17.6. The summed E-state index contributed by atoms with van der Waals surface area (Å²) < 4.78 is 5.24. The summed E-state index contributed by atoms with van der Waals surface area (Å²) in [5.74, 6) is -2.19. The van der Waals surface area contributed by atoms with Crippen LogP contribution in [-0.4, -0.2) is 49.9 Å². The second-order valence-corrected chi connectivity index (χ2v) is 7.74. The van der Waals surface area contributed by atoms with Gasteiger partial charge in [-0.15, -0.1) is 0 Å². The van der Waals surface area contributed by atoms with Crippen molar-refractivity contribution < 1.29 is 29.6 Å². The van der Waals surface area contributed by atoms with Crippen LogP contribution in [0.15, 0.2) is 48.4 Å². The number of hydrogen-bond donors (Lipinski definition) is 3. The maximum absolute atomic E-state index is 13.0. The first-order valence-corrected chi connectivity index (χ1v) is 10.2. The van der Waals surface area contributed by atoms with Crippen molar-refractivity contribution in [2.24, 2.45) is 0 Å². The van der Waals surface area contributed by atoms with Crippen LogP contribution in [0.4, 0.5) is 0 Å². The third-order valence-corrected chi connectivity index (χ3v) is 5.01. The highest BCUT2D eigenvalue weighted by Crippen LogP contribution is 2.40. The molecule has 0 amide bonds. The van der Waals surface area contributed by atoms with Gasteiger partial charge in [-0.2, -0.15) is 0 Å². The Bertz CT molecular complexity index is 963. The molecule has 8 heteroatoms. The van der Waals surface area contributed by atoms with E-state index in [1.165, 1.54) is 20.0 Å². The molecule has 0 radical (unpaired) electrons. The minimum absolute atomic E-state index is 0.0324. The Hall–Kier alpha value is -2.74. The zero-order valence-corrected chi connectivity index (χ0v) is 18.3. The van der Waals surface area contributed by atoms with Gasteiger partial charge in [0.15, 0.2) is 5.76 Å². The topological polar surface area (TPSA) is 117 Å². The third kappa shape index (κ3) is 5.91. The Morgan fingerprint density at radius 2 is 1.94 bits per heavy atom. The van der Waals surface area contributed by atoms with E-state index in [0.29, 0.717) is 5.69 Å². The molecule has 31 heavy (non-hydrogen) atoms. The van der Waals surface area contributed by atoms with Crippen LogP contribution in [0.25, 0.3) is 11.1 Å². The number of esters is 1. The van der Waals surface area contributed by atoms with Gasteiger partial charge >= 0.3 is 5.97 Å². The molecule has 0 fully saturated rings. The minimum Gasteiger partial charge on any atom is -0.506 e. The maximum atomic E-state index is 13.0. The second kappa shape index (κ2) is 10.5. The number of rotatable bonds is 8. The number of ketones is 1. The molecule has 2 rings (SSSR count). The molecule has 166 valence electrons. The summed E-state index contributed by atoms with van der Waals surface area (Å²) in [6.45, 7) is 4.61. The first kappa shape index (κ1) is 24.5. The van der Waals surface area contributed by atoms with Gasteiger partial charge < -0.3 is 20.1 Å². The Balaban J connectivity index is 2.28. The number of aliphatic hydroxyl groups excluding tert-OH is 3. The number of carbonyl (C=O) groups is 2. The van der Waals surface area contributed by atoms with Gasteiger partial charge in [-0.05, 0) is 39.3 Å². The summed E-state index contributed by atoms with van der Waals surface area (Å²) in [6, 6.07) is 1.56. The van der Waals surface area contributed by atoms with Gasteiger partial charge in [0.05, 0.1) is 29.4 Å². The predicted molar refractivity (Wildman–Crippen MR) is 118 cm³/mol. The summed E-state index contributed by atoms with van der Waals surface area (Å²) in [5, 5.41) is 29.6. The van der Waals surface area contributed by atoms with E-state index in [1.54, 1.807) is 18.2 Å². The number of nitrogens with zero attached hydrogens (tertiary/aromatic N) is 1. The highest BCUT2D eigenvalue weighted by molar-refractivity contribution is 6.51. The summed E-state index contributed by atoms with van der Waals surface area (Å²) >= 11 is 6.31. The van der Waals surface area contributed by atoms with Crippen LogP contribution in [0, 0.1) is 0 Å². The van der Waals surface area contributed by atoms with Crippen LogP contribution in [-0.2, 0) is 9.53 Å². The van der Waals surface area contributed by atoms with Gasteiger partial charge in [0.25, 0.3) is 0 Å². The molecule has 0 aromatic carbocycles. The lowest BCUT2D eigenvalue weighted by Crippen LogP contribution is -2.45. The van der Waals surface area contributed by atoms with Crippen molar-refractivity contribution in [1.29, 1.82) is 0 Å². The minimum atomic E-state index is -2.04.